The Labute approximate surface area is 280 Å². The third-order valence-corrected chi connectivity index (χ3v) is 7.79. The summed E-state index contributed by atoms with van der Waals surface area (Å²) in [5.74, 6) is 2.30. The number of ether oxygens (including phenoxy) is 10. The Bertz CT molecular complexity index is 1380. The van der Waals surface area contributed by atoms with E-state index in [1.165, 1.54) is 0 Å². The molecule has 7 rings (SSSR count). The van der Waals surface area contributed by atoms with Gasteiger partial charge in [-0.2, -0.15) is 0 Å². The fourth-order valence-electron chi connectivity index (χ4n) is 4.62. The van der Waals surface area contributed by atoms with Crippen LogP contribution in [0.15, 0.2) is 103 Å². The van der Waals surface area contributed by atoms with E-state index in [0.29, 0.717) is 19.8 Å². The summed E-state index contributed by atoms with van der Waals surface area (Å²) in [4.78, 5) is 0. The van der Waals surface area contributed by atoms with Gasteiger partial charge >= 0.3 is 6.16 Å². The minimum absolute atomic E-state index is 0.160. The van der Waals surface area contributed by atoms with Crippen molar-refractivity contribution >= 4 is 0 Å². The SMILES string of the molecule is c1ccc(COC(OCc2ccc(OCC3CO3)cc2)(OCc2ccc(OCC3CO3)cc2)OCc2ccc(OCC3CO3)cc2)cc1. The van der Waals surface area contributed by atoms with Gasteiger partial charge in [-0.05, 0) is 58.7 Å². The van der Waals surface area contributed by atoms with Gasteiger partial charge in [-0.25, -0.2) is 0 Å². The van der Waals surface area contributed by atoms with Gasteiger partial charge in [0.15, 0.2) is 0 Å². The van der Waals surface area contributed by atoms with Crippen LogP contribution >= 0.6 is 0 Å². The predicted molar refractivity (Wildman–Crippen MR) is 173 cm³/mol. The van der Waals surface area contributed by atoms with E-state index in [4.69, 9.17) is 47.4 Å². The zero-order valence-corrected chi connectivity index (χ0v) is 26.7. The molecule has 252 valence electrons. The lowest BCUT2D eigenvalue weighted by Gasteiger charge is -2.32. The lowest BCUT2D eigenvalue weighted by atomic mass is 10.2. The van der Waals surface area contributed by atoms with E-state index < -0.39 is 6.16 Å². The molecule has 0 bridgehead atoms. The molecule has 3 unspecified atom stereocenters. The third kappa shape index (κ3) is 10.5. The number of epoxide rings is 3. The van der Waals surface area contributed by atoms with Crippen LogP contribution in [0.1, 0.15) is 22.3 Å². The smallest absolute Gasteiger partial charge is 0.414 e. The Morgan fingerprint density at radius 3 is 1.00 bits per heavy atom. The van der Waals surface area contributed by atoms with E-state index >= 15 is 0 Å². The molecule has 4 aromatic rings. The maximum atomic E-state index is 6.42. The molecule has 3 atom stereocenters. The quantitative estimate of drug-likeness (QED) is 0.0808. The monoisotopic (exact) mass is 656 g/mol. The number of rotatable bonds is 21. The highest BCUT2D eigenvalue weighted by Crippen LogP contribution is 2.28. The summed E-state index contributed by atoms with van der Waals surface area (Å²) in [6.07, 6.45) is -1.28. The molecule has 0 aromatic heterocycles. The van der Waals surface area contributed by atoms with Crippen LogP contribution in [0.4, 0.5) is 0 Å². The molecule has 10 heteroatoms. The largest absolute Gasteiger partial charge is 0.491 e. The van der Waals surface area contributed by atoms with Gasteiger partial charge in [0, 0.05) is 0 Å². The zero-order chi connectivity index (χ0) is 32.4. The highest BCUT2D eigenvalue weighted by atomic mass is 17.0. The first-order chi connectivity index (χ1) is 23.7. The van der Waals surface area contributed by atoms with Gasteiger partial charge in [-0.15, -0.1) is 0 Å². The van der Waals surface area contributed by atoms with Crippen molar-refractivity contribution in [2.75, 3.05) is 39.6 Å². The zero-order valence-electron chi connectivity index (χ0n) is 26.7. The number of benzene rings is 4. The van der Waals surface area contributed by atoms with Gasteiger partial charge in [0.25, 0.3) is 0 Å². The second-order valence-electron chi connectivity index (χ2n) is 11.9. The summed E-state index contributed by atoms with van der Waals surface area (Å²) in [5, 5.41) is 0. The van der Waals surface area contributed by atoms with E-state index in [0.717, 1.165) is 59.3 Å². The molecule has 3 aliphatic heterocycles. The molecule has 3 heterocycles. The lowest BCUT2D eigenvalue weighted by Crippen LogP contribution is -2.42. The molecule has 4 aromatic carbocycles. The van der Waals surface area contributed by atoms with Crippen molar-refractivity contribution in [3.05, 3.63) is 125 Å². The van der Waals surface area contributed by atoms with E-state index in [1.807, 2.05) is 103 Å². The standard InChI is InChI=1S/C38H40O10/c1-2-4-28(5-3-1)18-45-38(46-19-29-6-12-32(13-7-29)39-22-35-25-42-35,47-20-30-8-14-33(15-9-30)40-23-36-26-43-36)48-21-31-10-16-34(17-11-31)41-24-37-27-44-37/h1-17,35-37H,18-27H2. The van der Waals surface area contributed by atoms with Crippen molar-refractivity contribution in [2.45, 2.75) is 50.9 Å². The van der Waals surface area contributed by atoms with Crippen molar-refractivity contribution in [3.63, 3.8) is 0 Å². The van der Waals surface area contributed by atoms with E-state index in [1.54, 1.807) is 0 Å². The predicted octanol–water partition coefficient (Wildman–Crippen LogP) is 5.80. The average molecular weight is 657 g/mol. The van der Waals surface area contributed by atoms with Crippen LogP contribution in [0.5, 0.6) is 17.2 Å². The highest BCUT2D eigenvalue weighted by molar-refractivity contribution is 5.29. The molecule has 0 radical (unpaired) electrons. The molecule has 0 N–H and O–H groups in total. The van der Waals surface area contributed by atoms with Crippen molar-refractivity contribution in [1.29, 1.82) is 0 Å². The molecule has 3 aliphatic rings. The molecular weight excluding hydrogens is 616 g/mol. The van der Waals surface area contributed by atoms with Crippen LogP contribution < -0.4 is 14.2 Å². The van der Waals surface area contributed by atoms with Gasteiger partial charge in [0.05, 0.1) is 46.2 Å². The summed E-state index contributed by atoms with van der Waals surface area (Å²) in [7, 11) is 0. The molecular formula is C38H40O10. The highest BCUT2D eigenvalue weighted by Gasteiger charge is 2.37. The summed E-state index contributed by atoms with van der Waals surface area (Å²) < 4.78 is 58.8. The van der Waals surface area contributed by atoms with Crippen molar-refractivity contribution in [1.82, 2.24) is 0 Å². The Hall–Kier alpha value is -4.00. The van der Waals surface area contributed by atoms with Crippen LogP contribution in [0.25, 0.3) is 0 Å². The second kappa shape index (κ2) is 15.9. The average Bonchev–Trinajstić information content (AvgIpc) is 3.97. The summed E-state index contributed by atoms with van der Waals surface area (Å²) in [6.45, 7) is 4.54. The van der Waals surface area contributed by atoms with Gasteiger partial charge in [0.2, 0.25) is 0 Å². The molecule has 10 nitrogen and oxygen atoms in total. The first kappa shape index (κ1) is 32.5. The Kier molecular flexibility index (Phi) is 10.8. The van der Waals surface area contributed by atoms with Crippen molar-refractivity contribution in [3.8, 4) is 17.2 Å². The molecule has 0 saturated carbocycles. The van der Waals surface area contributed by atoms with E-state index in [-0.39, 0.29) is 44.7 Å². The first-order valence-corrected chi connectivity index (χ1v) is 16.3. The maximum absolute atomic E-state index is 6.42. The number of hydrogen-bond acceptors (Lipinski definition) is 10. The van der Waals surface area contributed by atoms with Crippen LogP contribution in [0, 0.1) is 0 Å². The minimum atomic E-state index is -1.84. The fraction of sp³-hybridized carbons (Fsp3) is 0.368. The van der Waals surface area contributed by atoms with Gasteiger partial charge in [-0.1, -0.05) is 66.7 Å². The third-order valence-electron chi connectivity index (χ3n) is 7.79. The molecule has 48 heavy (non-hydrogen) atoms. The van der Waals surface area contributed by atoms with Crippen LogP contribution in [-0.4, -0.2) is 64.1 Å². The minimum Gasteiger partial charge on any atom is -0.491 e. The molecule has 3 fully saturated rings. The van der Waals surface area contributed by atoms with Gasteiger partial charge in [-0.3, -0.25) is 18.9 Å². The Morgan fingerprint density at radius 1 is 0.417 bits per heavy atom. The summed E-state index contributed by atoms with van der Waals surface area (Å²) >= 11 is 0. The van der Waals surface area contributed by atoms with E-state index in [2.05, 4.69) is 0 Å². The van der Waals surface area contributed by atoms with Gasteiger partial charge in [0.1, 0.15) is 55.4 Å². The van der Waals surface area contributed by atoms with Crippen molar-refractivity contribution < 1.29 is 47.4 Å². The summed E-state index contributed by atoms with van der Waals surface area (Å²) in [6, 6.07) is 33.0. The second-order valence-corrected chi connectivity index (χ2v) is 11.9. The topological polar surface area (TPSA) is 102 Å². The van der Waals surface area contributed by atoms with E-state index in [9.17, 15) is 0 Å². The Morgan fingerprint density at radius 2 is 0.708 bits per heavy atom. The number of hydrogen-bond donors (Lipinski definition) is 0. The maximum Gasteiger partial charge on any atom is 0.414 e. The summed E-state index contributed by atoms with van der Waals surface area (Å²) in [5.41, 5.74) is 3.63. The molecule has 3 saturated heterocycles. The Balaban J connectivity index is 1.06. The first-order valence-electron chi connectivity index (χ1n) is 16.3. The lowest BCUT2D eigenvalue weighted by molar-refractivity contribution is -0.513. The molecule has 0 spiro atoms. The van der Waals surface area contributed by atoms with Crippen LogP contribution in [-0.2, 0) is 59.6 Å². The van der Waals surface area contributed by atoms with Gasteiger partial charge < -0.3 is 28.4 Å². The fourth-order valence-corrected chi connectivity index (χ4v) is 4.62. The molecule has 0 amide bonds. The van der Waals surface area contributed by atoms with Crippen LogP contribution in [0.3, 0.4) is 0 Å². The normalized spacial score (nSPS) is 20.5. The molecule has 0 aliphatic carbocycles. The van der Waals surface area contributed by atoms with Crippen LogP contribution in [0.2, 0.25) is 0 Å². The van der Waals surface area contributed by atoms with Crippen molar-refractivity contribution in [2.24, 2.45) is 0 Å².